The Bertz CT molecular complexity index is 430. The number of alkyl halides is 3. The average molecular weight is 521 g/mol. The summed E-state index contributed by atoms with van der Waals surface area (Å²) >= 11 is 0. The third-order valence-corrected chi connectivity index (χ3v) is 5.01. The minimum atomic E-state index is -4.12. The zero-order valence-electron chi connectivity index (χ0n) is 17.8. The van der Waals surface area contributed by atoms with Crippen molar-refractivity contribution in [2.24, 2.45) is 10.9 Å². The molecule has 0 aromatic carbocycles. The lowest BCUT2D eigenvalue weighted by atomic mass is 10.1. The fourth-order valence-electron chi connectivity index (χ4n) is 3.47. The van der Waals surface area contributed by atoms with Gasteiger partial charge in [0.25, 0.3) is 0 Å². The molecular weight excluding hydrogens is 482 g/mol. The maximum atomic E-state index is 12.5. The molecule has 0 aliphatic carbocycles. The SMILES string of the molecule is CCNC(=NCC1CCN(CC(F)(F)F)C1)NC(C)CCCN(CC)CC.I. The summed E-state index contributed by atoms with van der Waals surface area (Å²) in [5, 5.41) is 6.67. The standard InChI is InChI=1S/C19H38F3N5.HI/c1-5-23-18(25-16(4)9-8-11-26(6-2)7-3)24-13-17-10-12-27(14-17)15-19(20,21)22;/h16-17H,5-15H2,1-4H3,(H2,23,24,25);1H. The van der Waals surface area contributed by atoms with E-state index in [4.69, 9.17) is 0 Å². The Kier molecular flexibility index (Phi) is 14.5. The van der Waals surface area contributed by atoms with Crippen molar-refractivity contribution in [2.75, 3.05) is 52.4 Å². The number of nitrogens with one attached hydrogen (secondary N) is 2. The first-order valence-electron chi connectivity index (χ1n) is 10.3. The molecule has 9 heteroatoms. The number of hydrogen-bond acceptors (Lipinski definition) is 3. The van der Waals surface area contributed by atoms with Crippen LogP contribution in [0.1, 0.15) is 47.0 Å². The third kappa shape index (κ3) is 12.3. The van der Waals surface area contributed by atoms with E-state index < -0.39 is 12.7 Å². The Morgan fingerprint density at radius 3 is 2.50 bits per heavy atom. The van der Waals surface area contributed by atoms with Crippen LogP contribution in [0, 0.1) is 5.92 Å². The molecule has 28 heavy (non-hydrogen) atoms. The number of likely N-dealkylation sites (tertiary alicyclic amines) is 1. The van der Waals surface area contributed by atoms with E-state index in [1.165, 1.54) is 4.90 Å². The Morgan fingerprint density at radius 2 is 1.93 bits per heavy atom. The van der Waals surface area contributed by atoms with Crippen LogP contribution in [-0.4, -0.2) is 80.3 Å². The van der Waals surface area contributed by atoms with Crippen molar-refractivity contribution >= 4 is 29.9 Å². The topological polar surface area (TPSA) is 42.9 Å². The van der Waals surface area contributed by atoms with Crippen LogP contribution < -0.4 is 10.6 Å². The maximum Gasteiger partial charge on any atom is 0.401 e. The highest BCUT2D eigenvalue weighted by atomic mass is 127. The molecule has 1 fully saturated rings. The molecule has 1 heterocycles. The van der Waals surface area contributed by atoms with E-state index in [2.05, 4.69) is 41.3 Å². The largest absolute Gasteiger partial charge is 0.401 e. The van der Waals surface area contributed by atoms with E-state index in [0.717, 1.165) is 51.4 Å². The second kappa shape index (κ2) is 14.7. The van der Waals surface area contributed by atoms with Gasteiger partial charge in [-0.25, -0.2) is 0 Å². The second-order valence-corrected chi connectivity index (χ2v) is 7.44. The first kappa shape index (κ1) is 27.7. The number of hydrogen-bond donors (Lipinski definition) is 2. The van der Waals surface area contributed by atoms with Crippen LogP contribution in [-0.2, 0) is 0 Å². The van der Waals surface area contributed by atoms with Crippen molar-refractivity contribution in [3.63, 3.8) is 0 Å². The van der Waals surface area contributed by atoms with Crippen molar-refractivity contribution in [1.82, 2.24) is 20.4 Å². The summed E-state index contributed by atoms with van der Waals surface area (Å²) in [6.45, 7) is 13.3. The molecule has 2 N–H and O–H groups in total. The van der Waals surface area contributed by atoms with Crippen molar-refractivity contribution in [2.45, 2.75) is 59.2 Å². The first-order valence-corrected chi connectivity index (χ1v) is 10.3. The second-order valence-electron chi connectivity index (χ2n) is 7.44. The van der Waals surface area contributed by atoms with Gasteiger partial charge in [-0.15, -0.1) is 24.0 Å². The summed E-state index contributed by atoms with van der Waals surface area (Å²) in [6.07, 6.45) is -1.15. The van der Waals surface area contributed by atoms with Crippen molar-refractivity contribution in [1.29, 1.82) is 0 Å². The summed E-state index contributed by atoms with van der Waals surface area (Å²) < 4.78 is 37.5. The highest BCUT2D eigenvalue weighted by Crippen LogP contribution is 2.22. The van der Waals surface area contributed by atoms with Crippen molar-refractivity contribution < 1.29 is 13.2 Å². The van der Waals surface area contributed by atoms with Gasteiger partial charge >= 0.3 is 6.18 Å². The molecule has 1 saturated heterocycles. The molecule has 0 aromatic rings. The van der Waals surface area contributed by atoms with Gasteiger partial charge in [-0.05, 0) is 65.2 Å². The zero-order chi connectivity index (χ0) is 20.3. The molecule has 0 aromatic heterocycles. The Labute approximate surface area is 185 Å². The summed E-state index contributed by atoms with van der Waals surface area (Å²) in [4.78, 5) is 8.52. The molecular formula is C19H39F3IN5. The lowest BCUT2D eigenvalue weighted by Crippen LogP contribution is -2.42. The van der Waals surface area contributed by atoms with Gasteiger partial charge in [-0.3, -0.25) is 9.89 Å². The van der Waals surface area contributed by atoms with Crippen LogP contribution >= 0.6 is 24.0 Å². The summed E-state index contributed by atoms with van der Waals surface area (Å²) in [5.74, 6) is 0.961. The molecule has 1 aliphatic heterocycles. The van der Waals surface area contributed by atoms with Gasteiger partial charge in [0, 0.05) is 25.7 Å². The summed E-state index contributed by atoms with van der Waals surface area (Å²) in [7, 11) is 0. The third-order valence-electron chi connectivity index (χ3n) is 5.01. The highest BCUT2D eigenvalue weighted by molar-refractivity contribution is 14.0. The number of aliphatic imine (C=N–C) groups is 1. The number of nitrogens with zero attached hydrogens (tertiary/aromatic N) is 3. The van der Waals surface area contributed by atoms with E-state index in [1.54, 1.807) is 0 Å². The molecule has 1 rings (SSSR count). The Hall–Kier alpha value is -0.290. The fraction of sp³-hybridized carbons (Fsp3) is 0.947. The Morgan fingerprint density at radius 1 is 1.25 bits per heavy atom. The minimum Gasteiger partial charge on any atom is -0.357 e. The molecule has 0 amide bonds. The lowest BCUT2D eigenvalue weighted by Gasteiger charge is -2.21. The first-order chi connectivity index (χ1) is 12.8. The molecule has 0 bridgehead atoms. The van der Waals surface area contributed by atoms with Crippen LogP contribution in [0.15, 0.2) is 4.99 Å². The van der Waals surface area contributed by atoms with Gasteiger partial charge in [0.2, 0.25) is 0 Å². The summed E-state index contributed by atoms with van der Waals surface area (Å²) in [6, 6.07) is 0.309. The van der Waals surface area contributed by atoms with Gasteiger partial charge < -0.3 is 15.5 Å². The van der Waals surface area contributed by atoms with Gasteiger partial charge in [0.1, 0.15) is 0 Å². The normalized spacial score (nSPS) is 19.6. The molecule has 5 nitrogen and oxygen atoms in total. The fourth-order valence-corrected chi connectivity index (χ4v) is 3.47. The maximum absolute atomic E-state index is 12.5. The number of rotatable bonds is 11. The van der Waals surface area contributed by atoms with E-state index in [9.17, 15) is 13.2 Å². The van der Waals surface area contributed by atoms with Gasteiger partial charge in [-0.1, -0.05) is 13.8 Å². The van der Waals surface area contributed by atoms with Crippen LogP contribution in [0.3, 0.4) is 0 Å². The van der Waals surface area contributed by atoms with Crippen molar-refractivity contribution in [3.05, 3.63) is 0 Å². The molecule has 2 atom stereocenters. The number of halogens is 4. The van der Waals surface area contributed by atoms with E-state index in [0.29, 0.717) is 25.7 Å². The summed E-state index contributed by atoms with van der Waals surface area (Å²) in [5.41, 5.74) is 0. The predicted octanol–water partition coefficient (Wildman–Crippen LogP) is 3.55. The molecule has 168 valence electrons. The van der Waals surface area contributed by atoms with Crippen LogP contribution in [0.5, 0.6) is 0 Å². The van der Waals surface area contributed by atoms with Gasteiger partial charge in [0.05, 0.1) is 6.54 Å². The van der Waals surface area contributed by atoms with E-state index in [1.807, 2.05) is 6.92 Å². The minimum absolute atomic E-state index is 0. The predicted molar refractivity (Wildman–Crippen MR) is 122 cm³/mol. The monoisotopic (exact) mass is 521 g/mol. The average Bonchev–Trinajstić information content (AvgIpc) is 3.02. The quantitative estimate of drug-likeness (QED) is 0.248. The number of guanidine groups is 1. The molecule has 0 radical (unpaired) electrons. The van der Waals surface area contributed by atoms with Gasteiger partial charge in [-0.2, -0.15) is 13.2 Å². The Balaban J connectivity index is 0.00000729. The van der Waals surface area contributed by atoms with E-state index >= 15 is 0 Å². The van der Waals surface area contributed by atoms with Crippen LogP contribution in [0.25, 0.3) is 0 Å². The molecule has 2 unspecified atom stereocenters. The molecule has 1 aliphatic rings. The van der Waals surface area contributed by atoms with Gasteiger partial charge in [0.15, 0.2) is 5.96 Å². The van der Waals surface area contributed by atoms with Crippen LogP contribution in [0.2, 0.25) is 0 Å². The lowest BCUT2D eigenvalue weighted by molar-refractivity contribution is -0.143. The smallest absolute Gasteiger partial charge is 0.357 e. The molecule has 0 spiro atoms. The van der Waals surface area contributed by atoms with Crippen LogP contribution in [0.4, 0.5) is 13.2 Å². The highest BCUT2D eigenvalue weighted by Gasteiger charge is 2.34. The van der Waals surface area contributed by atoms with Crippen molar-refractivity contribution in [3.8, 4) is 0 Å². The van der Waals surface area contributed by atoms with E-state index in [-0.39, 0.29) is 29.9 Å². The molecule has 0 saturated carbocycles. The zero-order valence-corrected chi connectivity index (χ0v) is 20.1.